The molecule has 0 saturated carbocycles. The number of fused-ring (bicyclic) bond motifs is 1. The van der Waals surface area contributed by atoms with Crippen molar-refractivity contribution in [3.8, 4) is 0 Å². The highest BCUT2D eigenvalue weighted by molar-refractivity contribution is 7.21. The number of pyridine rings is 1. The summed E-state index contributed by atoms with van der Waals surface area (Å²) in [6, 6.07) is 3.64. The van der Waals surface area contributed by atoms with E-state index in [1.807, 2.05) is 6.07 Å². The largest absolute Gasteiger partial charge is 0.397 e. The molecule has 2 aromatic rings. The Balaban J connectivity index is 1.95. The number of carbonyl (C=O) groups is 2. The van der Waals surface area contributed by atoms with Crippen LogP contribution in [0.5, 0.6) is 0 Å². The van der Waals surface area contributed by atoms with Gasteiger partial charge in [0, 0.05) is 24.7 Å². The van der Waals surface area contributed by atoms with Gasteiger partial charge in [-0.15, -0.1) is 11.3 Å². The second-order valence-electron chi connectivity index (χ2n) is 4.63. The summed E-state index contributed by atoms with van der Waals surface area (Å²) >= 11 is 1.27. The van der Waals surface area contributed by atoms with E-state index in [0.29, 0.717) is 23.7 Å². The minimum absolute atomic E-state index is 0.0833. The predicted molar refractivity (Wildman–Crippen MR) is 77.6 cm³/mol. The summed E-state index contributed by atoms with van der Waals surface area (Å²) in [6.45, 7) is 1.24. The molecule has 2 amide bonds. The van der Waals surface area contributed by atoms with Crippen molar-refractivity contribution in [3.05, 3.63) is 23.2 Å². The Labute approximate surface area is 119 Å². The molecule has 0 unspecified atom stereocenters. The van der Waals surface area contributed by atoms with Crippen molar-refractivity contribution in [2.75, 3.05) is 25.4 Å². The second-order valence-corrected chi connectivity index (χ2v) is 5.63. The highest BCUT2D eigenvalue weighted by Gasteiger charge is 2.25. The van der Waals surface area contributed by atoms with Crippen molar-refractivity contribution >= 4 is 39.1 Å². The second kappa shape index (κ2) is 5.09. The molecule has 0 atom stereocenters. The maximum absolute atomic E-state index is 12.5. The minimum Gasteiger partial charge on any atom is -0.397 e. The first-order valence-corrected chi connectivity index (χ1v) is 7.17. The first-order chi connectivity index (χ1) is 9.66. The number of anilines is 1. The lowest BCUT2D eigenvalue weighted by Gasteiger charge is -2.18. The van der Waals surface area contributed by atoms with Gasteiger partial charge in [0.25, 0.3) is 5.91 Å². The topological polar surface area (TPSA) is 88.3 Å². The van der Waals surface area contributed by atoms with Gasteiger partial charge in [-0.1, -0.05) is 0 Å². The van der Waals surface area contributed by atoms with Gasteiger partial charge in [-0.25, -0.2) is 4.98 Å². The zero-order valence-electron chi connectivity index (χ0n) is 10.8. The van der Waals surface area contributed by atoms with E-state index in [0.717, 1.165) is 16.6 Å². The van der Waals surface area contributed by atoms with Gasteiger partial charge >= 0.3 is 0 Å². The molecule has 7 heteroatoms. The zero-order chi connectivity index (χ0) is 14.1. The maximum atomic E-state index is 12.5. The van der Waals surface area contributed by atoms with Crippen molar-refractivity contribution in [3.63, 3.8) is 0 Å². The third kappa shape index (κ3) is 2.20. The van der Waals surface area contributed by atoms with E-state index in [2.05, 4.69) is 10.3 Å². The molecule has 1 fully saturated rings. The van der Waals surface area contributed by atoms with Crippen LogP contribution in [0.2, 0.25) is 0 Å². The summed E-state index contributed by atoms with van der Waals surface area (Å²) in [4.78, 5) is 31.0. The Morgan fingerprint density at radius 2 is 2.35 bits per heavy atom. The van der Waals surface area contributed by atoms with Crippen LogP contribution in [0, 0.1) is 0 Å². The first-order valence-electron chi connectivity index (χ1n) is 6.36. The van der Waals surface area contributed by atoms with Crippen LogP contribution in [0.4, 0.5) is 5.69 Å². The number of amides is 2. The van der Waals surface area contributed by atoms with Crippen LogP contribution in [0.15, 0.2) is 18.3 Å². The normalized spacial score (nSPS) is 16.0. The SMILES string of the molecule is Nc1c(C(=O)N2CCCNC(=O)C2)sc2ncccc12. The lowest BCUT2D eigenvalue weighted by atomic mass is 10.2. The van der Waals surface area contributed by atoms with Gasteiger partial charge in [0.1, 0.15) is 9.71 Å². The molecule has 2 aromatic heterocycles. The van der Waals surface area contributed by atoms with Crippen LogP contribution >= 0.6 is 11.3 Å². The van der Waals surface area contributed by atoms with E-state index in [1.54, 1.807) is 17.2 Å². The lowest BCUT2D eigenvalue weighted by Crippen LogP contribution is -2.37. The molecule has 1 saturated heterocycles. The molecule has 0 spiro atoms. The third-order valence-corrected chi connectivity index (χ3v) is 4.36. The van der Waals surface area contributed by atoms with E-state index in [9.17, 15) is 9.59 Å². The number of carbonyl (C=O) groups excluding carboxylic acids is 2. The van der Waals surface area contributed by atoms with Crippen molar-refractivity contribution in [2.45, 2.75) is 6.42 Å². The average Bonchev–Trinajstić information content (AvgIpc) is 2.64. The van der Waals surface area contributed by atoms with Gasteiger partial charge in [0.15, 0.2) is 0 Å². The Hall–Kier alpha value is -2.15. The van der Waals surface area contributed by atoms with E-state index in [1.165, 1.54) is 11.3 Å². The van der Waals surface area contributed by atoms with Crippen LogP contribution in [-0.2, 0) is 4.79 Å². The van der Waals surface area contributed by atoms with Gasteiger partial charge < -0.3 is 16.0 Å². The summed E-state index contributed by atoms with van der Waals surface area (Å²) in [6.07, 6.45) is 2.42. The van der Waals surface area contributed by atoms with E-state index < -0.39 is 0 Å². The Morgan fingerprint density at radius 3 is 3.15 bits per heavy atom. The number of thiophene rings is 1. The molecule has 0 aromatic carbocycles. The summed E-state index contributed by atoms with van der Waals surface area (Å²) in [7, 11) is 0. The van der Waals surface area contributed by atoms with Crippen molar-refractivity contribution < 1.29 is 9.59 Å². The molecule has 20 heavy (non-hydrogen) atoms. The van der Waals surface area contributed by atoms with Crippen molar-refractivity contribution in [1.29, 1.82) is 0 Å². The Morgan fingerprint density at radius 1 is 1.50 bits per heavy atom. The number of nitrogens with two attached hydrogens (primary N) is 1. The molecule has 3 heterocycles. The molecule has 3 rings (SSSR count). The van der Waals surface area contributed by atoms with Gasteiger partial charge in [-0.3, -0.25) is 9.59 Å². The predicted octanol–water partition coefficient (Wildman–Crippen LogP) is 0.841. The number of aromatic nitrogens is 1. The van der Waals surface area contributed by atoms with Crippen LogP contribution in [0.1, 0.15) is 16.1 Å². The molecular weight excluding hydrogens is 276 g/mol. The van der Waals surface area contributed by atoms with Crippen molar-refractivity contribution in [1.82, 2.24) is 15.2 Å². The fraction of sp³-hybridized carbons (Fsp3) is 0.308. The van der Waals surface area contributed by atoms with Crippen molar-refractivity contribution in [2.24, 2.45) is 0 Å². The summed E-state index contributed by atoms with van der Waals surface area (Å²) in [5, 5.41) is 3.54. The average molecular weight is 290 g/mol. The monoisotopic (exact) mass is 290 g/mol. The maximum Gasteiger partial charge on any atom is 0.266 e. The molecule has 6 nitrogen and oxygen atoms in total. The molecule has 1 aliphatic rings. The number of hydrogen-bond donors (Lipinski definition) is 2. The quantitative estimate of drug-likeness (QED) is 0.814. The first kappa shape index (κ1) is 12.9. The lowest BCUT2D eigenvalue weighted by molar-refractivity contribution is -0.121. The molecule has 0 aliphatic carbocycles. The molecule has 0 bridgehead atoms. The van der Waals surface area contributed by atoms with Gasteiger partial charge in [-0.05, 0) is 18.6 Å². The Bertz CT molecular complexity index is 682. The number of nitrogens with one attached hydrogen (secondary N) is 1. The summed E-state index contributed by atoms with van der Waals surface area (Å²) < 4.78 is 0. The number of rotatable bonds is 1. The van der Waals surface area contributed by atoms with Gasteiger partial charge in [-0.2, -0.15) is 0 Å². The third-order valence-electron chi connectivity index (χ3n) is 3.25. The number of nitrogens with zero attached hydrogens (tertiary/aromatic N) is 2. The fourth-order valence-corrected chi connectivity index (χ4v) is 3.26. The van der Waals surface area contributed by atoms with Crippen LogP contribution < -0.4 is 11.1 Å². The molecule has 0 radical (unpaired) electrons. The van der Waals surface area contributed by atoms with E-state index in [4.69, 9.17) is 5.73 Å². The van der Waals surface area contributed by atoms with E-state index >= 15 is 0 Å². The highest BCUT2D eigenvalue weighted by Crippen LogP contribution is 2.32. The minimum atomic E-state index is -0.192. The van der Waals surface area contributed by atoms with Crippen LogP contribution in [0.3, 0.4) is 0 Å². The van der Waals surface area contributed by atoms with Gasteiger partial charge in [0.2, 0.25) is 5.91 Å². The smallest absolute Gasteiger partial charge is 0.266 e. The Kier molecular flexibility index (Phi) is 3.27. The highest BCUT2D eigenvalue weighted by atomic mass is 32.1. The summed E-state index contributed by atoms with van der Waals surface area (Å²) in [5.74, 6) is -0.323. The molecule has 104 valence electrons. The van der Waals surface area contributed by atoms with Gasteiger partial charge in [0.05, 0.1) is 12.2 Å². The molecule has 1 aliphatic heterocycles. The van der Waals surface area contributed by atoms with E-state index in [-0.39, 0.29) is 18.4 Å². The fourth-order valence-electron chi connectivity index (χ4n) is 2.23. The zero-order valence-corrected chi connectivity index (χ0v) is 11.6. The number of hydrogen-bond acceptors (Lipinski definition) is 5. The molecule has 3 N–H and O–H groups in total. The molecular formula is C13H14N4O2S. The van der Waals surface area contributed by atoms with Crippen LogP contribution in [0.25, 0.3) is 10.2 Å². The number of nitrogen functional groups attached to an aromatic ring is 1. The van der Waals surface area contributed by atoms with Crippen LogP contribution in [-0.4, -0.2) is 41.3 Å². The summed E-state index contributed by atoms with van der Waals surface area (Å²) in [5.41, 5.74) is 6.49. The standard InChI is InChI=1S/C13H14N4O2S/c14-10-8-3-1-4-16-12(8)20-11(10)13(19)17-6-2-5-15-9(18)7-17/h1,3-4H,2,5-7,14H2,(H,15,18).